The second kappa shape index (κ2) is 12.0. The third kappa shape index (κ3) is 6.72. The molecule has 0 aliphatic rings. The lowest BCUT2D eigenvalue weighted by molar-refractivity contribution is -0.274. The van der Waals surface area contributed by atoms with E-state index < -0.39 is 6.36 Å². The number of carbonyl (C=O) groups excluding carboxylic acids is 1. The number of aliphatic imine (C=N–C) groups is 1. The standard InChI is InChI=1S/C32H29F3N6O2/c1-5-30(42)41(21(4)37-28-9-7-6-8-26(28)20(2)3)29-17-11-22-18-23(10-16-27(22)38-29)31-36-19-40(39-31)24-12-14-25(15-13-24)43-32(33,34)35/h6-20H,5H2,1-4H3. The molecule has 2 heterocycles. The molecular formula is C32H29F3N6O2. The maximum Gasteiger partial charge on any atom is 0.573 e. The number of aromatic nitrogens is 4. The summed E-state index contributed by atoms with van der Waals surface area (Å²) < 4.78 is 42.8. The van der Waals surface area contributed by atoms with E-state index in [-0.39, 0.29) is 24.0 Å². The minimum atomic E-state index is -4.76. The van der Waals surface area contributed by atoms with Crippen molar-refractivity contribution in [3.63, 3.8) is 0 Å². The number of fused-ring (bicyclic) bond motifs is 1. The molecule has 43 heavy (non-hydrogen) atoms. The summed E-state index contributed by atoms with van der Waals surface area (Å²) in [5.74, 6) is 1.25. The van der Waals surface area contributed by atoms with Crippen LogP contribution in [0.1, 0.15) is 45.6 Å². The highest BCUT2D eigenvalue weighted by Crippen LogP contribution is 2.29. The summed E-state index contributed by atoms with van der Waals surface area (Å²) in [5, 5.41) is 5.29. The van der Waals surface area contributed by atoms with E-state index in [9.17, 15) is 18.0 Å². The molecule has 5 rings (SSSR count). The van der Waals surface area contributed by atoms with Crippen molar-refractivity contribution in [3.05, 3.63) is 90.8 Å². The summed E-state index contributed by atoms with van der Waals surface area (Å²) in [6, 6.07) is 22.4. The van der Waals surface area contributed by atoms with Gasteiger partial charge < -0.3 is 4.74 Å². The van der Waals surface area contributed by atoms with Gasteiger partial charge in [0.05, 0.1) is 16.9 Å². The minimum absolute atomic E-state index is 0.125. The van der Waals surface area contributed by atoms with Crippen LogP contribution in [0.15, 0.2) is 90.2 Å². The van der Waals surface area contributed by atoms with Crippen LogP contribution in [0.2, 0.25) is 0 Å². The highest BCUT2D eigenvalue weighted by atomic mass is 19.4. The Bertz CT molecular complexity index is 1800. The molecule has 8 nitrogen and oxygen atoms in total. The average Bonchev–Trinajstić information content (AvgIpc) is 3.47. The van der Waals surface area contributed by atoms with Crippen LogP contribution in [0.25, 0.3) is 28.0 Å². The lowest BCUT2D eigenvalue weighted by atomic mass is 10.0. The van der Waals surface area contributed by atoms with Crippen molar-refractivity contribution in [1.29, 1.82) is 0 Å². The molecule has 1 amide bonds. The van der Waals surface area contributed by atoms with E-state index >= 15 is 0 Å². The summed E-state index contributed by atoms with van der Waals surface area (Å²) in [6.07, 6.45) is -3.00. The quantitative estimate of drug-likeness (QED) is 0.143. The molecule has 0 N–H and O–H groups in total. The monoisotopic (exact) mass is 586 g/mol. The number of pyridine rings is 1. The number of hydrogen-bond donors (Lipinski definition) is 0. The van der Waals surface area contributed by atoms with Gasteiger partial charge in [0.15, 0.2) is 5.82 Å². The van der Waals surface area contributed by atoms with Gasteiger partial charge in [0.25, 0.3) is 0 Å². The second-order valence-electron chi connectivity index (χ2n) is 10.1. The van der Waals surface area contributed by atoms with Crippen molar-refractivity contribution < 1.29 is 22.7 Å². The molecule has 0 radical (unpaired) electrons. The Labute approximate surface area is 246 Å². The molecule has 220 valence electrons. The molecular weight excluding hydrogens is 557 g/mol. The molecule has 3 aromatic carbocycles. The number of nitrogens with zero attached hydrogens (tertiary/aromatic N) is 6. The fourth-order valence-corrected chi connectivity index (χ4v) is 4.63. The molecule has 0 aliphatic heterocycles. The molecule has 0 bridgehead atoms. The zero-order valence-electron chi connectivity index (χ0n) is 24.0. The SMILES string of the molecule is CCC(=O)N(C(C)=Nc1ccccc1C(C)C)c1ccc2cc(-c3ncn(-c4ccc(OC(F)(F)F)cc4)n3)ccc2n1. The Morgan fingerprint density at radius 3 is 2.47 bits per heavy atom. The summed E-state index contributed by atoms with van der Waals surface area (Å²) in [5.41, 5.74) is 3.82. The molecule has 0 saturated carbocycles. The number of amidine groups is 1. The van der Waals surface area contributed by atoms with E-state index in [0.29, 0.717) is 28.7 Å². The average molecular weight is 587 g/mol. The molecule has 0 saturated heterocycles. The van der Waals surface area contributed by atoms with Crippen molar-refractivity contribution in [2.45, 2.75) is 46.4 Å². The van der Waals surface area contributed by atoms with Crippen molar-refractivity contribution in [1.82, 2.24) is 19.7 Å². The van der Waals surface area contributed by atoms with Gasteiger partial charge in [0, 0.05) is 17.4 Å². The van der Waals surface area contributed by atoms with Gasteiger partial charge in [-0.1, -0.05) is 39.0 Å². The first-order valence-electron chi connectivity index (χ1n) is 13.7. The van der Waals surface area contributed by atoms with Crippen LogP contribution in [0.3, 0.4) is 0 Å². The number of amides is 1. The zero-order valence-corrected chi connectivity index (χ0v) is 24.0. The first-order valence-corrected chi connectivity index (χ1v) is 13.7. The van der Waals surface area contributed by atoms with Crippen molar-refractivity contribution in [3.8, 4) is 22.8 Å². The predicted octanol–water partition coefficient (Wildman–Crippen LogP) is 8.00. The maximum atomic E-state index is 13.1. The fourth-order valence-electron chi connectivity index (χ4n) is 4.63. The maximum absolute atomic E-state index is 13.1. The van der Waals surface area contributed by atoms with Crippen molar-refractivity contribution in [2.75, 3.05) is 4.90 Å². The Balaban J connectivity index is 1.42. The zero-order chi connectivity index (χ0) is 30.7. The second-order valence-corrected chi connectivity index (χ2v) is 10.1. The van der Waals surface area contributed by atoms with Crippen LogP contribution in [0, 0.1) is 0 Å². The highest BCUT2D eigenvalue weighted by Gasteiger charge is 2.31. The lowest BCUT2D eigenvalue weighted by Gasteiger charge is -2.22. The molecule has 0 aliphatic carbocycles. The number of para-hydroxylation sites is 1. The normalized spacial score (nSPS) is 12.1. The summed E-state index contributed by atoms with van der Waals surface area (Å²) in [6.45, 7) is 7.81. The fraction of sp³-hybridized carbons (Fsp3) is 0.219. The van der Waals surface area contributed by atoms with Crippen LogP contribution < -0.4 is 9.64 Å². The van der Waals surface area contributed by atoms with E-state index in [0.717, 1.165) is 22.2 Å². The van der Waals surface area contributed by atoms with Crippen LogP contribution in [-0.4, -0.2) is 37.9 Å². The minimum Gasteiger partial charge on any atom is -0.406 e. The van der Waals surface area contributed by atoms with Gasteiger partial charge in [-0.2, -0.15) is 0 Å². The summed E-state index contributed by atoms with van der Waals surface area (Å²) >= 11 is 0. The summed E-state index contributed by atoms with van der Waals surface area (Å²) in [4.78, 5) is 28.6. The molecule has 2 aromatic heterocycles. The lowest BCUT2D eigenvalue weighted by Crippen LogP contribution is -2.35. The number of ether oxygens (including phenoxy) is 1. The van der Waals surface area contributed by atoms with Crippen LogP contribution in [-0.2, 0) is 4.79 Å². The number of benzene rings is 3. The van der Waals surface area contributed by atoms with Crippen LogP contribution >= 0.6 is 0 Å². The van der Waals surface area contributed by atoms with Crippen LogP contribution in [0.5, 0.6) is 5.75 Å². The van der Waals surface area contributed by atoms with Crippen molar-refractivity contribution >= 4 is 34.2 Å². The third-order valence-electron chi connectivity index (χ3n) is 6.70. The van der Waals surface area contributed by atoms with Gasteiger partial charge in [-0.3, -0.25) is 9.69 Å². The number of rotatable bonds is 7. The predicted molar refractivity (Wildman–Crippen MR) is 160 cm³/mol. The Hall–Kier alpha value is -5.06. The third-order valence-corrected chi connectivity index (χ3v) is 6.70. The Morgan fingerprint density at radius 1 is 1.02 bits per heavy atom. The molecule has 0 atom stereocenters. The first-order chi connectivity index (χ1) is 20.5. The molecule has 0 spiro atoms. The van der Waals surface area contributed by atoms with E-state index in [1.165, 1.54) is 35.3 Å². The Kier molecular flexibility index (Phi) is 8.24. The van der Waals surface area contributed by atoms with Crippen LogP contribution in [0.4, 0.5) is 24.7 Å². The topological polar surface area (TPSA) is 85.5 Å². The van der Waals surface area contributed by atoms with Gasteiger partial charge >= 0.3 is 6.36 Å². The molecule has 5 aromatic rings. The summed E-state index contributed by atoms with van der Waals surface area (Å²) in [7, 11) is 0. The van der Waals surface area contributed by atoms with E-state index in [1.54, 1.807) is 24.8 Å². The van der Waals surface area contributed by atoms with E-state index in [2.05, 4.69) is 28.7 Å². The number of halogens is 3. The number of carbonyl (C=O) groups is 1. The molecule has 0 fully saturated rings. The number of alkyl halides is 3. The van der Waals surface area contributed by atoms with E-state index in [4.69, 9.17) is 9.98 Å². The van der Waals surface area contributed by atoms with Gasteiger partial charge in [-0.15, -0.1) is 18.3 Å². The molecule has 0 unspecified atom stereocenters. The van der Waals surface area contributed by atoms with Gasteiger partial charge in [0.2, 0.25) is 5.91 Å². The number of hydrogen-bond acceptors (Lipinski definition) is 6. The van der Waals surface area contributed by atoms with E-state index in [1.807, 2.05) is 48.5 Å². The Morgan fingerprint density at radius 2 is 1.77 bits per heavy atom. The van der Waals surface area contributed by atoms with Gasteiger partial charge in [0.1, 0.15) is 23.7 Å². The highest BCUT2D eigenvalue weighted by molar-refractivity contribution is 6.16. The first kappa shape index (κ1) is 29.4. The van der Waals surface area contributed by atoms with Gasteiger partial charge in [-0.25, -0.2) is 19.6 Å². The smallest absolute Gasteiger partial charge is 0.406 e. The molecule has 11 heteroatoms. The largest absolute Gasteiger partial charge is 0.573 e. The van der Waals surface area contributed by atoms with Gasteiger partial charge in [-0.05, 0) is 79.1 Å². The number of anilines is 1. The van der Waals surface area contributed by atoms with Crippen molar-refractivity contribution in [2.24, 2.45) is 4.99 Å².